The van der Waals surface area contributed by atoms with Crippen LogP contribution in [0.3, 0.4) is 0 Å². The van der Waals surface area contributed by atoms with Crippen molar-refractivity contribution in [2.45, 2.75) is 51.8 Å². The highest BCUT2D eigenvalue weighted by Crippen LogP contribution is 2.42. The normalized spacial score (nSPS) is 16.3. The highest BCUT2D eigenvalue weighted by atomic mass is 19.4. The Morgan fingerprint density at radius 3 is 2.19 bits per heavy atom. The molecule has 1 aliphatic rings. The van der Waals surface area contributed by atoms with Crippen molar-refractivity contribution in [3.8, 4) is 34.0 Å². The van der Waals surface area contributed by atoms with Gasteiger partial charge in [0.25, 0.3) is 0 Å². The van der Waals surface area contributed by atoms with Crippen LogP contribution in [0.2, 0.25) is 0 Å². The van der Waals surface area contributed by atoms with E-state index < -0.39 is 53.3 Å². The zero-order chi connectivity index (χ0) is 37.7. The molecule has 6 rings (SSSR count). The van der Waals surface area contributed by atoms with Gasteiger partial charge < -0.3 is 14.6 Å². The number of benzene rings is 3. The van der Waals surface area contributed by atoms with Gasteiger partial charge in [0.2, 0.25) is 5.95 Å². The smallest absolute Gasteiger partial charge is 0.416 e. The maximum Gasteiger partial charge on any atom is 0.416 e. The number of rotatable bonds is 8. The van der Waals surface area contributed by atoms with Gasteiger partial charge in [-0.05, 0) is 85.5 Å². The van der Waals surface area contributed by atoms with Crippen molar-refractivity contribution in [3.63, 3.8) is 0 Å². The molecule has 0 radical (unpaired) electrons. The Hall–Kier alpha value is -5.93. The van der Waals surface area contributed by atoms with Crippen LogP contribution in [-0.4, -0.2) is 54.7 Å². The molecule has 16 heteroatoms. The molecule has 10 nitrogen and oxygen atoms in total. The van der Waals surface area contributed by atoms with Gasteiger partial charge in [0.15, 0.2) is 0 Å². The molecular formula is C36H29F6N5O5. The number of nitrogens with zero attached hydrogens (tertiary/aromatic N) is 5. The average molecular weight is 726 g/mol. The lowest BCUT2D eigenvalue weighted by molar-refractivity contribution is -0.143. The number of aryl methyl sites for hydroxylation is 2. The van der Waals surface area contributed by atoms with Gasteiger partial charge in [-0.3, -0.25) is 9.47 Å². The molecule has 1 aliphatic heterocycles. The first-order chi connectivity index (χ1) is 24.4. The van der Waals surface area contributed by atoms with Gasteiger partial charge in [0.1, 0.15) is 18.2 Å². The zero-order valence-electron chi connectivity index (χ0n) is 27.9. The summed E-state index contributed by atoms with van der Waals surface area (Å²) in [5, 5.41) is 9.43. The number of carbonyl (C=O) groups is 2. The third kappa shape index (κ3) is 7.00. The molecular weight excluding hydrogens is 696 g/mol. The number of halogens is 6. The molecule has 1 N–H and O–H groups in total. The molecule has 0 bridgehead atoms. The lowest BCUT2D eigenvalue weighted by Crippen LogP contribution is -2.32. The Morgan fingerprint density at radius 2 is 1.62 bits per heavy atom. The minimum atomic E-state index is -5.09. The minimum Gasteiger partial charge on any atom is -0.496 e. The first-order valence-corrected chi connectivity index (χ1v) is 15.6. The summed E-state index contributed by atoms with van der Waals surface area (Å²) in [4.78, 5) is 39.5. The summed E-state index contributed by atoms with van der Waals surface area (Å²) in [7, 11) is 1.45. The van der Waals surface area contributed by atoms with Crippen LogP contribution in [0.25, 0.3) is 28.2 Å². The highest BCUT2D eigenvalue weighted by Gasteiger charge is 2.43. The fourth-order valence-corrected chi connectivity index (χ4v) is 6.08. The van der Waals surface area contributed by atoms with Crippen LogP contribution in [0, 0.1) is 13.8 Å². The maximum absolute atomic E-state index is 13.7. The van der Waals surface area contributed by atoms with Crippen LogP contribution in [-0.2, 0) is 23.6 Å². The molecule has 0 saturated carbocycles. The van der Waals surface area contributed by atoms with E-state index in [4.69, 9.17) is 14.5 Å². The molecule has 2 atom stereocenters. The van der Waals surface area contributed by atoms with E-state index >= 15 is 0 Å². The van der Waals surface area contributed by atoms with Crippen molar-refractivity contribution in [1.82, 2.24) is 24.4 Å². The number of hydrogen-bond acceptors (Lipinski definition) is 7. The Balaban J connectivity index is 1.44. The third-order valence-electron chi connectivity index (χ3n) is 8.72. The van der Waals surface area contributed by atoms with Crippen LogP contribution in [0.5, 0.6) is 5.75 Å². The molecule has 2 aromatic heterocycles. The Bertz CT molecular complexity index is 2170. The molecule has 3 heterocycles. The van der Waals surface area contributed by atoms with Crippen molar-refractivity contribution in [3.05, 3.63) is 113 Å². The summed E-state index contributed by atoms with van der Waals surface area (Å²) < 4.78 is 94.7. The van der Waals surface area contributed by atoms with E-state index in [0.717, 1.165) is 10.5 Å². The van der Waals surface area contributed by atoms with E-state index in [1.54, 1.807) is 48.9 Å². The Labute approximate surface area is 292 Å². The zero-order valence-corrected chi connectivity index (χ0v) is 27.9. The van der Waals surface area contributed by atoms with Gasteiger partial charge in [0.05, 0.1) is 47.8 Å². The first-order valence-electron chi connectivity index (χ1n) is 15.6. The second-order valence-corrected chi connectivity index (χ2v) is 12.2. The SMILES string of the molecule is COc1ccc(-c2ccc(C(=O)O)cc2C)cc1-c1cnc(-n2cnc(C)c2)nc1CN1C(=O)O[C@H](c2cc(C(F)(F)F)cc(C(F)(F)F)c2)[C@@H]1C. The number of cyclic esters (lactones) is 1. The van der Waals surface area contributed by atoms with Gasteiger partial charge in [-0.1, -0.05) is 12.1 Å². The van der Waals surface area contributed by atoms with Gasteiger partial charge in [-0.2, -0.15) is 26.3 Å². The van der Waals surface area contributed by atoms with Crippen LogP contribution >= 0.6 is 0 Å². The number of carboxylic acid groups (broad SMARTS) is 1. The summed E-state index contributed by atoms with van der Waals surface area (Å²) in [6, 6.07) is 10.0. The number of carbonyl (C=O) groups excluding carboxylic acids is 1. The number of alkyl halides is 6. The summed E-state index contributed by atoms with van der Waals surface area (Å²) in [5.41, 5.74) is 0.444. The molecule has 270 valence electrons. The Morgan fingerprint density at radius 1 is 0.923 bits per heavy atom. The summed E-state index contributed by atoms with van der Waals surface area (Å²) in [6.07, 6.45) is -8.00. The summed E-state index contributed by atoms with van der Waals surface area (Å²) >= 11 is 0. The number of hydrogen-bond donors (Lipinski definition) is 1. The number of carboxylic acids is 1. The molecule has 0 aliphatic carbocycles. The fraction of sp³-hybridized carbons (Fsp3) is 0.250. The summed E-state index contributed by atoms with van der Waals surface area (Å²) in [6.45, 7) is 4.68. The largest absolute Gasteiger partial charge is 0.496 e. The molecule has 5 aromatic rings. The predicted octanol–water partition coefficient (Wildman–Crippen LogP) is 8.44. The first kappa shape index (κ1) is 35.9. The van der Waals surface area contributed by atoms with Gasteiger partial charge in [0, 0.05) is 23.5 Å². The lowest BCUT2D eigenvalue weighted by atomic mass is 9.94. The maximum atomic E-state index is 13.7. The minimum absolute atomic E-state index is 0.0126. The van der Waals surface area contributed by atoms with E-state index in [0.29, 0.717) is 45.8 Å². The molecule has 0 spiro atoms. The van der Waals surface area contributed by atoms with Gasteiger partial charge in [-0.15, -0.1) is 0 Å². The van der Waals surface area contributed by atoms with Crippen LogP contribution in [0.1, 0.15) is 57.0 Å². The topological polar surface area (TPSA) is 120 Å². The molecule has 1 amide bonds. The second kappa shape index (κ2) is 13.3. The van der Waals surface area contributed by atoms with Crippen LogP contribution in [0.4, 0.5) is 31.1 Å². The number of ether oxygens (including phenoxy) is 2. The predicted molar refractivity (Wildman–Crippen MR) is 174 cm³/mol. The van der Waals surface area contributed by atoms with Gasteiger partial charge in [-0.25, -0.2) is 24.5 Å². The molecule has 0 unspecified atom stereocenters. The quantitative estimate of drug-likeness (QED) is 0.158. The molecule has 52 heavy (non-hydrogen) atoms. The van der Waals surface area contributed by atoms with Crippen molar-refractivity contribution in [2.75, 3.05) is 7.11 Å². The molecule has 1 saturated heterocycles. The second-order valence-electron chi connectivity index (χ2n) is 12.2. The number of methoxy groups -OCH3 is 1. The average Bonchev–Trinajstić information content (AvgIpc) is 3.65. The molecule has 3 aromatic carbocycles. The number of imidazole rings is 1. The van der Waals surface area contributed by atoms with Gasteiger partial charge >= 0.3 is 24.4 Å². The number of amides is 1. The van der Waals surface area contributed by atoms with Crippen molar-refractivity contribution >= 4 is 12.1 Å². The highest BCUT2D eigenvalue weighted by molar-refractivity contribution is 5.89. The Kier molecular flexibility index (Phi) is 9.19. The van der Waals surface area contributed by atoms with Crippen LogP contribution in [0.15, 0.2) is 73.3 Å². The van der Waals surface area contributed by atoms with E-state index in [1.165, 1.54) is 38.7 Å². The standard InChI is InChI=1S/C36H29F6N5O5/c1-18-9-22(32(48)49)5-7-26(18)21-6-8-30(51-4)27(12-21)28-14-43-33(46-15-19(2)44-17-46)45-29(28)16-47-20(3)31(52-34(47)50)23-10-24(35(37,38)39)13-25(11-23)36(40,41)42/h5-15,17,20,31H,16H2,1-4H3,(H,48,49)/t20-,31-/m0/s1. The monoisotopic (exact) mass is 725 g/mol. The van der Waals surface area contributed by atoms with E-state index in [9.17, 15) is 41.0 Å². The van der Waals surface area contributed by atoms with Crippen molar-refractivity contribution in [1.29, 1.82) is 0 Å². The number of aromatic carboxylic acids is 1. The van der Waals surface area contributed by atoms with Crippen LogP contribution < -0.4 is 4.74 Å². The third-order valence-corrected chi connectivity index (χ3v) is 8.72. The van der Waals surface area contributed by atoms with E-state index in [1.807, 2.05) is 0 Å². The van der Waals surface area contributed by atoms with E-state index in [2.05, 4.69) is 9.97 Å². The molecule has 1 fully saturated rings. The lowest BCUT2D eigenvalue weighted by Gasteiger charge is -2.23. The van der Waals surface area contributed by atoms with E-state index in [-0.39, 0.29) is 29.8 Å². The van der Waals surface area contributed by atoms with Crippen molar-refractivity contribution in [2.24, 2.45) is 0 Å². The fourth-order valence-electron chi connectivity index (χ4n) is 6.08. The number of aromatic nitrogens is 4. The van der Waals surface area contributed by atoms with Crippen molar-refractivity contribution < 1.29 is 50.5 Å². The summed E-state index contributed by atoms with van der Waals surface area (Å²) in [5.74, 6) is -0.525.